The summed E-state index contributed by atoms with van der Waals surface area (Å²) in [6.07, 6.45) is 0. The number of oxazole rings is 1. The molecule has 0 spiro atoms. The van der Waals surface area contributed by atoms with E-state index in [1.54, 1.807) is 0 Å². The number of hydrogen-bond donors (Lipinski definition) is 0. The highest BCUT2D eigenvalue weighted by Gasteiger charge is 2.13. The molecule has 0 radical (unpaired) electrons. The van der Waals surface area contributed by atoms with Gasteiger partial charge in [-0.1, -0.05) is 103 Å². The summed E-state index contributed by atoms with van der Waals surface area (Å²) in [5.41, 5.74) is 9.87. The van der Waals surface area contributed by atoms with Gasteiger partial charge in [0.15, 0.2) is 5.58 Å². The van der Waals surface area contributed by atoms with Crippen LogP contribution in [0.4, 0.5) is 0 Å². The van der Waals surface area contributed by atoms with Crippen LogP contribution in [0.15, 0.2) is 138 Å². The fraction of sp³-hybridized carbons (Fsp3) is 0. The minimum absolute atomic E-state index is 0.594. The lowest BCUT2D eigenvalue weighted by Crippen LogP contribution is -1.84. The molecule has 0 amide bonds. The average Bonchev–Trinajstić information content (AvgIpc) is 3.46. The minimum Gasteiger partial charge on any atom is -0.436 e. The number of rotatable bonds is 4. The fourth-order valence-corrected chi connectivity index (χ4v) is 5.15. The van der Waals surface area contributed by atoms with E-state index in [4.69, 9.17) is 14.7 Å². The molecule has 0 fully saturated rings. The molecule has 0 aliphatic heterocycles. The van der Waals surface area contributed by atoms with E-state index >= 15 is 0 Å². The van der Waals surface area contributed by atoms with Crippen molar-refractivity contribution in [1.29, 1.82) is 5.26 Å². The number of fused-ring (bicyclic) bond motifs is 2. The van der Waals surface area contributed by atoms with Crippen molar-refractivity contribution >= 4 is 21.9 Å². The zero-order valence-electron chi connectivity index (χ0n) is 21.0. The molecule has 1 heterocycles. The smallest absolute Gasteiger partial charge is 0.227 e. The van der Waals surface area contributed by atoms with Crippen molar-refractivity contribution in [2.75, 3.05) is 0 Å². The van der Waals surface area contributed by atoms with Crippen molar-refractivity contribution < 1.29 is 4.42 Å². The minimum atomic E-state index is 0.594. The maximum atomic E-state index is 9.04. The predicted molar refractivity (Wildman–Crippen MR) is 158 cm³/mol. The maximum Gasteiger partial charge on any atom is 0.227 e. The van der Waals surface area contributed by atoms with Crippen molar-refractivity contribution in [3.8, 4) is 50.9 Å². The number of benzene rings is 6. The van der Waals surface area contributed by atoms with Crippen LogP contribution in [0.3, 0.4) is 0 Å². The van der Waals surface area contributed by atoms with Crippen LogP contribution < -0.4 is 0 Å². The van der Waals surface area contributed by atoms with Gasteiger partial charge in [0.1, 0.15) is 5.52 Å². The van der Waals surface area contributed by atoms with Crippen molar-refractivity contribution in [3.05, 3.63) is 139 Å². The fourth-order valence-electron chi connectivity index (χ4n) is 5.15. The van der Waals surface area contributed by atoms with Gasteiger partial charge < -0.3 is 4.42 Å². The van der Waals surface area contributed by atoms with Crippen molar-refractivity contribution in [1.82, 2.24) is 4.98 Å². The van der Waals surface area contributed by atoms with Gasteiger partial charge >= 0.3 is 0 Å². The van der Waals surface area contributed by atoms with Crippen LogP contribution >= 0.6 is 0 Å². The maximum absolute atomic E-state index is 9.04. The highest BCUT2D eigenvalue weighted by molar-refractivity contribution is 5.97. The lowest BCUT2D eigenvalue weighted by Gasteiger charge is -2.08. The summed E-state index contributed by atoms with van der Waals surface area (Å²) in [7, 11) is 0. The monoisotopic (exact) mass is 498 g/mol. The molecule has 182 valence electrons. The molecule has 6 aromatic carbocycles. The van der Waals surface area contributed by atoms with Gasteiger partial charge in [-0.2, -0.15) is 5.26 Å². The summed E-state index contributed by atoms with van der Waals surface area (Å²) in [6, 6.07) is 47.6. The quantitative estimate of drug-likeness (QED) is 0.243. The molecule has 1 aromatic heterocycles. The molecule has 7 aromatic rings. The number of hydrogen-bond acceptors (Lipinski definition) is 3. The van der Waals surface area contributed by atoms with Gasteiger partial charge in [-0.05, 0) is 68.9 Å². The van der Waals surface area contributed by atoms with E-state index in [9.17, 15) is 0 Å². The largest absolute Gasteiger partial charge is 0.436 e. The van der Waals surface area contributed by atoms with Crippen molar-refractivity contribution in [2.45, 2.75) is 0 Å². The predicted octanol–water partition coefficient (Wildman–Crippen LogP) is 9.52. The molecule has 0 bridgehead atoms. The number of nitriles is 1. The van der Waals surface area contributed by atoms with Crippen LogP contribution in [0.2, 0.25) is 0 Å². The number of nitrogens with zero attached hydrogens (tertiary/aromatic N) is 2. The third kappa shape index (κ3) is 4.15. The summed E-state index contributed by atoms with van der Waals surface area (Å²) in [4.78, 5) is 4.90. The van der Waals surface area contributed by atoms with E-state index in [-0.39, 0.29) is 0 Å². The van der Waals surface area contributed by atoms with E-state index < -0.39 is 0 Å². The number of para-hydroxylation sites is 1. The first-order valence-electron chi connectivity index (χ1n) is 12.9. The second-order valence-corrected chi connectivity index (χ2v) is 9.54. The topological polar surface area (TPSA) is 49.8 Å². The Bertz CT molecular complexity index is 1990. The Kier molecular flexibility index (Phi) is 5.50. The molecule has 0 saturated heterocycles. The van der Waals surface area contributed by atoms with Crippen LogP contribution in [0.5, 0.6) is 0 Å². The summed E-state index contributed by atoms with van der Waals surface area (Å²) in [5.74, 6) is 0.594. The molecule has 0 saturated carbocycles. The Balaban J connectivity index is 1.21. The summed E-state index contributed by atoms with van der Waals surface area (Å²) >= 11 is 0. The Morgan fingerprint density at radius 3 is 1.82 bits per heavy atom. The summed E-state index contributed by atoms with van der Waals surface area (Å²) in [6.45, 7) is 0. The number of aromatic nitrogens is 1. The van der Waals surface area contributed by atoms with E-state index in [0.29, 0.717) is 11.5 Å². The van der Waals surface area contributed by atoms with Crippen LogP contribution in [-0.2, 0) is 0 Å². The third-order valence-corrected chi connectivity index (χ3v) is 7.19. The van der Waals surface area contributed by atoms with Crippen LogP contribution in [0, 0.1) is 11.3 Å². The highest BCUT2D eigenvalue weighted by Crippen LogP contribution is 2.35. The lowest BCUT2D eigenvalue weighted by molar-refractivity contribution is 0.620. The Hall–Kier alpha value is -5.46. The van der Waals surface area contributed by atoms with Gasteiger partial charge in [0.05, 0.1) is 11.6 Å². The summed E-state index contributed by atoms with van der Waals surface area (Å²) in [5, 5.41) is 11.5. The molecule has 0 N–H and O–H groups in total. The normalized spacial score (nSPS) is 11.1. The first-order chi connectivity index (χ1) is 19.3. The second-order valence-electron chi connectivity index (χ2n) is 9.54. The second kappa shape index (κ2) is 9.45. The van der Waals surface area contributed by atoms with Gasteiger partial charge in [0, 0.05) is 11.1 Å². The zero-order valence-corrected chi connectivity index (χ0v) is 21.0. The molecular formula is C36H22N2O. The van der Waals surface area contributed by atoms with Gasteiger partial charge in [-0.15, -0.1) is 0 Å². The van der Waals surface area contributed by atoms with Crippen molar-refractivity contribution in [3.63, 3.8) is 0 Å². The van der Waals surface area contributed by atoms with Gasteiger partial charge in [0.2, 0.25) is 5.89 Å². The average molecular weight is 499 g/mol. The molecule has 3 nitrogen and oxygen atoms in total. The van der Waals surface area contributed by atoms with Crippen LogP contribution in [0.25, 0.3) is 66.7 Å². The van der Waals surface area contributed by atoms with Gasteiger partial charge in [-0.3, -0.25) is 0 Å². The SMILES string of the molecule is N#Cc1ccc(-c2ccc(-c3nc4c(-c5ccc(-c6cccc7ccccc67)cc5)cccc4o3)cc2)cc1. The highest BCUT2D eigenvalue weighted by atomic mass is 16.3. The standard InChI is InChI=1S/C36H22N2O/c37-23-24-11-13-25(14-12-24)26-15-21-30(22-16-26)36-38-35-33(9-4-10-34(35)39-36)29-19-17-28(18-20-29)32-8-3-6-27-5-1-2-7-31(27)32/h1-22H. The van der Waals surface area contributed by atoms with E-state index in [1.165, 1.54) is 21.9 Å². The molecule has 3 heteroatoms. The van der Waals surface area contributed by atoms with Crippen LogP contribution in [0.1, 0.15) is 5.56 Å². The Morgan fingerprint density at radius 2 is 1.08 bits per heavy atom. The molecule has 0 aliphatic carbocycles. The van der Waals surface area contributed by atoms with Crippen LogP contribution in [-0.4, -0.2) is 4.98 Å². The van der Waals surface area contributed by atoms with Gasteiger partial charge in [-0.25, -0.2) is 4.98 Å². The summed E-state index contributed by atoms with van der Waals surface area (Å²) < 4.78 is 6.19. The lowest BCUT2D eigenvalue weighted by atomic mass is 9.96. The van der Waals surface area contributed by atoms with E-state index in [1.807, 2.05) is 48.5 Å². The third-order valence-electron chi connectivity index (χ3n) is 7.19. The zero-order chi connectivity index (χ0) is 26.2. The van der Waals surface area contributed by atoms with Gasteiger partial charge in [0.25, 0.3) is 0 Å². The first kappa shape index (κ1) is 22.7. The Labute approximate surface area is 226 Å². The molecular weight excluding hydrogens is 476 g/mol. The molecule has 7 rings (SSSR count). The van der Waals surface area contributed by atoms with Crippen molar-refractivity contribution in [2.24, 2.45) is 0 Å². The molecule has 0 atom stereocenters. The molecule has 39 heavy (non-hydrogen) atoms. The first-order valence-corrected chi connectivity index (χ1v) is 12.9. The molecule has 0 aliphatic rings. The van der Waals surface area contributed by atoms with E-state index in [2.05, 4.69) is 91.0 Å². The molecule has 0 unspecified atom stereocenters. The Morgan fingerprint density at radius 1 is 0.513 bits per heavy atom. The van der Waals surface area contributed by atoms with E-state index in [0.717, 1.165) is 38.9 Å².